The van der Waals surface area contributed by atoms with Gasteiger partial charge in [0.15, 0.2) is 5.11 Å². The number of esters is 1. The first-order chi connectivity index (χ1) is 12.4. The maximum absolute atomic E-state index is 14.3. The largest absolute Gasteiger partial charge is 0.460 e. The lowest BCUT2D eigenvalue weighted by Crippen LogP contribution is -2.48. The molecule has 1 aliphatic heterocycles. The van der Waals surface area contributed by atoms with Gasteiger partial charge in [-0.05, 0) is 31.3 Å². The summed E-state index contributed by atoms with van der Waals surface area (Å²) in [6.45, 7) is 5.86. The zero-order valence-corrected chi connectivity index (χ0v) is 15.4. The minimum atomic E-state index is -1.10. The van der Waals surface area contributed by atoms with E-state index in [1.54, 1.807) is 17.9 Å². The Morgan fingerprint density at radius 2 is 2.04 bits per heavy atom. The van der Waals surface area contributed by atoms with Crippen LogP contribution in [0.5, 0.6) is 0 Å². The van der Waals surface area contributed by atoms with E-state index in [0.29, 0.717) is 12.2 Å². The van der Waals surface area contributed by atoms with Gasteiger partial charge in [-0.1, -0.05) is 12.1 Å². The molecule has 0 radical (unpaired) electrons. The number of nitrogens with zero attached hydrogens (tertiary/aromatic N) is 1. The van der Waals surface area contributed by atoms with Crippen molar-refractivity contribution >= 4 is 23.3 Å². The zero-order chi connectivity index (χ0) is 19.3. The number of ether oxygens (including phenoxy) is 2. The van der Waals surface area contributed by atoms with Crippen molar-refractivity contribution in [1.29, 1.82) is 0 Å². The van der Waals surface area contributed by atoms with E-state index in [1.807, 2.05) is 0 Å². The van der Waals surface area contributed by atoms with E-state index in [1.165, 1.54) is 13.2 Å². The number of carbonyl (C=O) groups is 1. The second-order valence-corrected chi connectivity index (χ2v) is 5.93. The molecule has 5 nitrogen and oxygen atoms in total. The molecule has 140 valence electrons. The zero-order valence-electron chi connectivity index (χ0n) is 14.6. The minimum Gasteiger partial charge on any atom is -0.460 e. The molecular weight excluding hydrogens is 362 g/mol. The second-order valence-electron chi connectivity index (χ2n) is 5.54. The lowest BCUT2D eigenvalue weighted by Gasteiger charge is -2.37. The normalized spacial score (nSPS) is 17.2. The molecule has 8 heteroatoms. The maximum Gasteiger partial charge on any atom is 0.338 e. The summed E-state index contributed by atoms with van der Waals surface area (Å²) >= 11 is 5.29. The minimum absolute atomic E-state index is 0.0183. The van der Waals surface area contributed by atoms with E-state index in [0.717, 1.165) is 12.1 Å². The first-order valence-electron chi connectivity index (χ1n) is 7.92. The molecule has 0 fully saturated rings. The Hall–Kier alpha value is -2.32. The summed E-state index contributed by atoms with van der Waals surface area (Å²) in [4.78, 5) is 14.2. The van der Waals surface area contributed by atoms with E-state index in [4.69, 9.17) is 21.7 Å². The lowest BCUT2D eigenvalue weighted by atomic mass is 9.94. The van der Waals surface area contributed by atoms with Gasteiger partial charge < -0.3 is 19.7 Å². The predicted octanol–water partition coefficient (Wildman–Crippen LogP) is 2.85. The molecule has 2 rings (SSSR count). The Kier molecular flexibility index (Phi) is 6.82. The van der Waals surface area contributed by atoms with Crippen molar-refractivity contribution in [1.82, 2.24) is 10.2 Å². The number of allylic oxidation sites excluding steroid dienone is 1. The third kappa shape index (κ3) is 4.08. The topological polar surface area (TPSA) is 50.8 Å². The molecule has 1 aliphatic rings. The number of thiocarbonyl (C=S) groups is 1. The van der Waals surface area contributed by atoms with Gasteiger partial charge in [-0.15, -0.1) is 6.58 Å². The molecule has 1 heterocycles. The number of nitrogens with one attached hydrogen (secondary N) is 1. The highest BCUT2D eigenvalue weighted by molar-refractivity contribution is 7.80. The number of methoxy groups -OCH3 is 1. The molecule has 0 aliphatic carbocycles. The molecule has 1 N–H and O–H groups in total. The van der Waals surface area contributed by atoms with E-state index in [9.17, 15) is 13.6 Å². The van der Waals surface area contributed by atoms with Crippen LogP contribution in [0.25, 0.3) is 0 Å². The average molecular weight is 382 g/mol. The van der Waals surface area contributed by atoms with Gasteiger partial charge in [0.05, 0.1) is 23.8 Å². The summed E-state index contributed by atoms with van der Waals surface area (Å²) in [5.74, 6) is -2.26. The highest BCUT2D eigenvalue weighted by Crippen LogP contribution is 2.34. The fourth-order valence-electron chi connectivity index (χ4n) is 2.69. The van der Waals surface area contributed by atoms with Gasteiger partial charge in [-0.3, -0.25) is 0 Å². The maximum atomic E-state index is 14.3. The van der Waals surface area contributed by atoms with E-state index in [2.05, 4.69) is 11.9 Å². The van der Waals surface area contributed by atoms with E-state index < -0.39 is 23.6 Å². The van der Waals surface area contributed by atoms with Gasteiger partial charge in [0.1, 0.15) is 18.2 Å². The molecule has 1 atom stereocenters. The van der Waals surface area contributed by atoms with Crippen molar-refractivity contribution in [2.24, 2.45) is 0 Å². The SMILES string of the molecule is C=CCN1C(=S)N[C@H](c2c(F)cccc2F)C(C(=O)OCCOC)=C1C. The van der Waals surface area contributed by atoms with Crippen LogP contribution in [0.1, 0.15) is 18.5 Å². The summed E-state index contributed by atoms with van der Waals surface area (Å²) in [6.07, 6.45) is 1.61. The summed E-state index contributed by atoms with van der Waals surface area (Å²) in [5, 5.41) is 3.08. The molecular formula is C18H20F2N2O3S. The third-order valence-electron chi connectivity index (χ3n) is 3.94. The van der Waals surface area contributed by atoms with Crippen LogP contribution in [0.15, 0.2) is 42.1 Å². The first-order valence-corrected chi connectivity index (χ1v) is 8.32. The molecule has 0 unspecified atom stereocenters. The fraction of sp³-hybridized carbons (Fsp3) is 0.333. The Morgan fingerprint density at radius 1 is 1.38 bits per heavy atom. The molecule has 0 spiro atoms. The molecule has 0 bridgehead atoms. The van der Waals surface area contributed by atoms with Crippen LogP contribution in [0, 0.1) is 11.6 Å². The predicted molar refractivity (Wildman–Crippen MR) is 97.3 cm³/mol. The fourth-order valence-corrected chi connectivity index (χ4v) is 3.02. The summed E-state index contributed by atoms with van der Waals surface area (Å²) < 4.78 is 38.7. The molecule has 26 heavy (non-hydrogen) atoms. The van der Waals surface area contributed by atoms with Gasteiger partial charge >= 0.3 is 5.97 Å². The van der Waals surface area contributed by atoms with Crippen molar-refractivity contribution in [2.45, 2.75) is 13.0 Å². The van der Waals surface area contributed by atoms with Gasteiger partial charge in [0.2, 0.25) is 0 Å². The monoisotopic (exact) mass is 382 g/mol. The van der Waals surface area contributed by atoms with Crippen molar-refractivity contribution in [2.75, 3.05) is 26.9 Å². The third-order valence-corrected chi connectivity index (χ3v) is 4.28. The first kappa shape index (κ1) is 20.0. The van der Waals surface area contributed by atoms with Crippen molar-refractivity contribution in [3.05, 3.63) is 59.3 Å². The Bertz CT molecular complexity index is 732. The molecule has 0 aromatic heterocycles. The molecule has 0 amide bonds. The van der Waals surface area contributed by atoms with Crippen LogP contribution >= 0.6 is 12.2 Å². The summed E-state index contributed by atoms with van der Waals surface area (Å²) in [7, 11) is 1.47. The molecule has 1 aromatic rings. The number of benzene rings is 1. The number of carbonyl (C=O) groups excluding carboxylic acids is 1. The molecule has 0 saturated carbocycles. The highest BCUT2D eigenvalue weighted by Gasteiger charge is 2.37. The van der Waals surface area contributed by atoms with Gasteiger partial charge in [-0.25, -0.2) is 13.6 Å². The molecule has 1 aromatic carbocycles. The van der Waals surface area contributed by atoms with Crippen LogP contribution in [-0.2, 0) is 14.3 Å². The van der Waals surface area contributed by atoms with E-state index >= 15 is 0 Å². The number of halogens is 2. The van der Waals surface area contributed by atoms with Crippen molar-refractivity contribution in [3.8, 4) is 0 Å². The quantitative estimate of drug-likeness (QED) is 0.339. The Morgan fingerprint density at radius 3 is 2.62 bits per heavy atom. The van der Waals surface area contributed by atoms with Crippen LogP contribution in [-0.4, -0.2) is 42.8 Å². The smallest absolute Gasteiger partial charge is 0.338 e. The number of hydrogen-bond donors (Lipinski definition) is 1. The van der Waals surface area contributed by atoms with E-state index in [-0.39, 0.29) is 29.5 Å². The Labute approximate surface area is 156 Å². The highest BCUT2D eigenvalue weighted by atomic mass is 32.1. The summed E-state index contributed by atoms with van der Waals surface area (Å²) in [6, 6.07) is 2.41. The summed E-state index contributed by atoms with van der Waals surface area (Å²) in [5.41, 5.74) is 0.246. The van der Waals surface area contributed by atoms with Gasteiger partial charge in [0, 0.05) is 19.4 Å². The van der Waals surface area contributed by atoms with Crippen LogP contribution in [0.3, 0.4) is 0 Å². The van der Waals surface area contributed by atoms with Crippen LogP contribution in [0.2, 0.25) is 0 Å². The van der Waals surface area contributed by atoms with Crippen LogP contribution in [0.4, 0.5) is 8.78 Å². The van der Waals surface area contributed by atoms with Crippen molar-refractivity contribution in [3.63, 3.8) is 0 Å². The standard InChI is InChI=1S/C18H20F2N2O3S/c1-4-8-22-11(2)14(17(23)25-10-9-24-3)16(21-18(22)26)15-12(19)6-5-7-13(15)20/h4-7,16H,1,8-10H2,2-3H3,(H,21,26)/t16-/m0/s1. The number of rotatable bonds is 7. The number of hydrogen-bond acceptors (Lipinski definition) is 4. The average Bonchev–Trinajstić information content (AvgIpc) is 2.58. The van der Waals surface area contributed by atoms with Gasteiger partial charge in [0.25, 0.3) is 0 Å². The second kappa shape index (κ2) is 8.86. The Balaban J connectivity index is 2.52. The van der Waals surface area contributed by atoms with Crippen molar-refractivity contribution < 1.29 is 23.0 Å². The van der Waals surface area contributed by atoms with Gasteiger partial charge in [-0.2, -0.15) is 0 Å². The lowest BCUT2D eigenvalue weighted by molar-refractivity contribution is -0.140. The van der Waals surface area contributed by atoms with Crippen LogP contribution < -0.4 is 5.32 Å². The molecule has 0 saturated heterocycles.